The summed E-state index contributed by atoms with van der Waals surface area (Å²) in [5.74, 6) is 0.994. The second kappa shape index (κ2) is 11.6. The van der Waals surface area contributed by atoms with Crippen molar-refractivity contribution in [2.24, 2.45) is 0 Å². The number of ether oxygens (including phenoxy) is 2. The fourth-order valence-electron chi connectivity index (χ4n) is 4.05. The standard InChI is InChI=1S/C26H34N2O4/c1-19-9-7-14-24(15-19)32-18-25(29)28(17-21-10-8-13-23(16-21)31-3)20(2)26(30)27-22-11-5-4-6-12-22/h7-10,13-16,20,22H,4-6,11-12,17-18H2,1-3H3,(H,27,30)/t20-/m0/s1. The van der Waals surface area contributed by atoms with Gasteiger partial charge in [0.25, 0.3) is 5.91 Å². The highest BCUT2D eigenvalue weighted by molar-refractivity contribution is 5.88. The highest BCUT2D eigenvalue weighted by Gasteiger charge is 2.28. The maximum Gasteiger partial charge on any atom is 0.261 e. The number of rotatable bonds is 9. The molecule has 0 spiro atoms. The fourth-order valence-corrected chi connectivity index (χ4v) is 4.05. The van der Waals surface area contributed by atoms with Crippen molar-refractivity contribution in [2.75, 3.05) is 13.7 Å². The average Bonchev–Trinajstić information content (AvgIpc) is 2.81. The third kappa shape index (κ3) is 6.74. The number of carbonyl (C=O) groups excluding carboxylic acids is 2. The van der Waals surface area contributed by atoms with Crippen LogP contribution in [0.25, 0.3) is 0 Å². The summed E-state index contributed by atoms with van der Waals surface area (Å²) < 4.78 is 11.1. The molecule has 32 heavy (non-hydrogen) atoms. The summed E-state index contributed by atoms with van der Waals surface area (Å²) in [5, 5.41) is 3.15. The van der Waals surface area contributed by atoms with Crippen molar-refractivity contribution in [2.45, 2.75) is 64.6 Å². The van der Waals surface area contributed by atoms with E-state index in [4.69, 9.17) is 9.47 Å². The van der Waals surface area contributed by atoms with Crippen LogP contribution in [0, 0.1) is 6.92 Å². The normalized spacial score (nSPS) is 15.0. The lowest BCUT2D eigenvalue weighted by atomic mass is 9.95. The zero-order valence-corrected chi connectivity index (χ0v) is 19.3. The Labute approximate surface area is 190 Å². The molecule has 3 rings (SSSR count). The van der Waals surface area contributed by atoms with Crippen LogP contribution >= 0.6 is 0 Å². The smallest absolute Gasteiger partial charge is 0.261 e. The molecular formula is C26H34N2O4. The molecule has 1 saturated carbocycles. The van der Waals surface area contributed by atoms with E-state index in [0.29, 0.717) is 18.0 Å². The van der Waals surface area contributed by atoms with Crippen molar-refractivity contribution < 1.29 is 19.1 Å². The number of aryl methyl sites for hydroxylation is 1. The van der Waals surface area contributed by atoms with E-state index in [1.165, 1.54) is 6.42 Å². The van der Waals surface area contributed by atoms with Crippen molar-refractivity contribution in [1.29, 1.82) is 0 Å². The summed E-state index contributed by atoms with van der Waals surface area (Å²) in [6.45, 7) is 3.92. The molecule has 1 atom stereocenters. The Morgan fingerprint density at radius 1 is 1.06 bits per heavy atom. The van der Waals surface area contributed by atoms with Gasteiger partial charge in [-0.2, -0.15) is 0 Å². The number of benzene rings is 2. The summed E-state index contributed by atoms with van der Waals surface area (Å²) in [6, 6.07) is 14.7. The molecule has 1 aliphatic carbocycles. The van der Waals surface area contributed by atoms with Crippen LogP contribution in [0.3, 0.4) is 0 Å². The Hall–Kier alpha value is -3.02. The Kier molecular flexibility index (Phi) is 8.54. The molecule has 6 nitrogen and oxygen atoms in total. The van der Waals surface area contributed by atoms with Crippen LogP contribution in [0.2, 0.25) is 0 Å². The van der Waals surface area contributed by atoms with Gasteiger partial charge < -0.3 is 19.7 Å². The zero-order valence-electron chi connectivity index (χ0n) is 19.3. The number of carbonyl (C=O) groups is 2. The van der Waals surface area contributed by atoms with Crippen LogP contribution in [0.5, 0.6) is 11.5 Å². The number of nitrogens with one attached hydrogen (secondary N) is 1. The number of nitrogens with zero attached hydrogens (tertiary/aromatic N) is 1. The first-order chi connectivity index (χ1) is 15.5. The molecule has 0 saturated heterocycles. The Morgan fingerprint density at radius 3 is 2.50 bits per heavy atom. The summed E-state index contributed by atoms with van der Waals surface area (Å²) in [5.41, 5.74) is 1.95. The molecule has 1 fully saturated rings. The molecule has 0 aliphatic heterocycles. The van der Waals surface area contributed by atoms with Crippen molar-refractivity contribution in [3.63, 3.8) is 0 Å². The summed E-state index contributed by atoms with van der Waals surface area (Å²) in [4.78, 5) is 27.8. The van der Waals surface area contributed by atoms with Gasteiger partial charge in [-0.15, -0.1) is 0 Å². The molecule has 1 N–H and O–H groups in total. The van der Waals surface area contributed by atoms with Crippen molar-refractivity contribution >= 4 is 11.8 Å². The second-order valence-corrected chi connectivity index (χ2v) is 8.50. The molecule has 2 amide bonds. The maximum absolute atomic E-state index is 13.2. The zero-order chi connectivity index (χ0) is 22.9. The van der Waals surface area contributed by atoms with Gasteiger partial charge >= 0.3 is 0 Å². The van der Waals surface area contributed by atoms with Crippen LogP contribution in [0.1, 0.15) is 50.2 Å². The van der Waals surface area contributed by atoms with Gasteiger partial charge in [-0.25, -0.2) is 0 Å². The van der Waals surface area contributed by atoms with Gasteiger partial charge in [-0.1, -0.05) is 43.5 Å². The molecule has 0 unspecified atom stereocenters. The van der Waals surface area contributed by atoms with Gasteiger partial charge in [0, 0.05) is 12.6 Å². The second-order valence-electron chi connectivity index (χ2n) is 8.50. The molecule has 6 heteroatoms. The largest absolute Gasteiger partial charge is 0.497 e. The van der Waals surface area contributed by atoms with Gasteiger partial charge in [-0.05, 0) is 62.1 Å². The van der Waals surface area contributed by atoms with E-state index in [1.807, 2.05) is 55.5 Å². The molecule has 172 valence electrons. The summed E-state index contributed by atoms with van der Waals surface area (Å²) in [7, 11) is 1.61. The molecule has 0 heterocycles. The topological polar surface area (TPSA) is 67.9 Å². The molecule has 0 aromatic heterocycles. The Bertz CT molecular complexity index is 908. The van der Waals surface area contributed by atoms with Gasteiger partial charge in [-0.3, -0.25) is 9.59 Å². The van der Waals surface area contributed by atoms with E-state index in [1.54, 1.807) is 18.9 Å². The lowest BCUT2D eigenvalue weighted by Gasteiger charge is -2.31. The van der Waals surface area contributed by atoms with Crippen LogP contribution in [-0.2, 0) is 16.1 Å². The van der Waals surface area contributed by atoms with Gasteiger partial charge in [0.1, 0.15) is 17.5 Å². The van der Waals surface area contributed by atoms with Gasteiger partial charge in [0.2, 0.25) is 5.91 Å². The van der Waals surface area contributed by atoms with Crippen LogP contribution < -0.4 is 14.8 Å². The Balaban J connectivity index is 1.72. The number of hydrogen-bond acceptors (Lipinski definition) is 4. The third-order valence-corrected chi connectivity index (χ3v) is 5.96. The van der Waals surface area contributed by atoms with E-state index < -0.39 is 6.04 Å². The lowest BCUT2D eigenvalue weighted by molar-refractivity contribution is -0.142. The highest BCUT2D eigenvalue weighted by atomic mass is 16.5. The predicted octanol–water partition coefficient (Wildman–Crippen LogP) is 4.25. The van der Waals surface area contributed by atoms with Crippen LogP contribution in [0.4, 0.5) is 0 Å². The van der Waals surface area contributed by atoms with E-state index in [-0.39, 0.29) is 24.5 Å². The molecular weight excluding hydrogens is 404 g/mol. The highest BCUT2D eigenvalue weighted by Crippen LogP contribution is 2.20. The molecule has 2 aromatic rings. The molecule has 1 aliphatic rings. The minimum atomic E-state index is -0.614. The minimum Gasteiger partial charge on any atom is -0.497 e. The number of amides is 2. The Morgan fingerprint density at radius 2 is 1.78 bits per heavy atom. The first-order valence-corrected chi connectivity index (χ1v) is 11.4. The van der Waals surface area contributed by atoms with E-state index in [2.05, 4.69) is 5.32 Å². The first kappa shape index (κ1) is 23.6. The SMILES string of the molecule is COc1cccc(CN(C(=O)COc2cccc(C)c2)[C@@H](C)C(=O)NC2CCCCC2)c1. The van der Waals surface area contributed by atoms with Crippen molar-refractivity contribution in [3.8, 4) is 11.5 Å². The fraction of sp³-hybridized carbons (Fsp3) is 0.462. The summed E-state index contributed by atoms with van der Waals surface area (Å²) in [6.07, 6.45) is 5.49. The summed E-state index contributed by atoms with van der Waals surface area (Å²) >= 11 is 0. The monoisotopic (exact) mass is 438 g/mol. The molecule has 0 radical (unpaired) electrons. The van der Waals surface area contributed by atoms with E-state index >= 15 is 0 Å². The number of hydrogen-bond donors (Lipinski definition) is 1. The molecule has 2 aromatic carbocycles. The maximum atomic E-state index is 13.2. The van der Waals surface area contributed by atoms with Crippen molar-refractivity contribution in [3.05, 3.63) is 59.7 Å². The van der Waals surface area contributed by atoms with E-state index in [0.717, 1.165) is 36.8 Å². The quantitative estimate of drug-likeness (QED) is 0.636. The van der Waals surface area contributed by atoms with Gasteiger partial charge in [0.15, 0.2) is 6.61 Å². The van der Waals surface area contributed by atoms with Crippen LogP contribution in [0.15, 0.2) is 48.5 Å². The number of methoxy groups -OCH3 is 1. The predicted molar refractivity (Wildman–Crippen MR) is 125 cm³/mol. The minimum absolute atomic E-state index is 0.122. The lowest BCUT2D eigenvalue weighted by Crippen LogP contribution is -2.51. The third-order valence-electron chi connectivity index (χ3n) is 5.96. The molecule has 0 bridgehead atoms. The average molecular weight is 439 g/mol. The van der Waals surface area contributed by atoms with Crippen LogP contribution in [-0.4, -0.2) is 42.5 Å². The first-order valence-electron chi connectivity index (χ1n) is 11.4. The van der Waals surface area contributed by atoms with Gasteiger partial charge in [0.05, 0.1) is 7.11 Å². The van der Waals surface area contributed by atoms with E-state index in [9.17, 15) is 9.59 Å². The van der Waals surface area contributed by atoms with Crippen molar-refractivity contribution in [1.82, 2.24) is 10.2 Å².